The predicted octanol–water partition coefficient (Wildman–Crippen LogP) is 7.91. The van der Waals surface area contributed by atoms with Crippen molar-refractivity contribution in [2.75, 3.05) is 18.5 Å². The maximum atomic E-state index is 12.7. The molecular formula is C38H43N5O5S. The second-order valence-corrected chi connectivity index (χ2v) is 13.5. The Morgan fingerprint density at radius 3 is 2.29 bits per heavy atom. The molecule has 2 N–H and O–H groups in total. The molecule has 1 heterocycles. The summed E-state index contributed by atoms with van der Waals surface area (Å²) in [5, 5.41) is 2.77. The molecule has 256 valence electrons. The summed E-state index contributed by atoms with van der Waals surface area (Å²) < 4.78 is 34.9. The van der Waals surface area contributed by atoms with E-state index in [1.54, 1.807) is 42.3 Å². The topological polar surface area (TPSA) is 123 Å². The molecule has 0 fully saturated rings. The normalized spacial score (nSPS) is 11.3. The monoisotopic (exact) mass is 681 g/mol. The van der Waals surface area contributed by atoms with E-state index in [0.717, 1.165) is 72.2 Å². The van der Waals surface area contributed by atoms with Gasteiger partial charge < -0.3 is 14.6 Å². The summed E-state index contributed by atoms with van der Waals surface area (Å²) in [6.07, 6.45) is 4.84. The molecule has 0 aliphatic heterocycles. The third-order valence-electron chi connectivity index (χ3n) is 8.29. The van der Waals surface area contributed by atoms with Crippen molar-refractivity contribution in [3.8, 4) is 16.9 Å². The second-order valence-electron chi connectivity index (χ2n) is 11.8. The number of benzene rings is 4. The van der Waals surface area contributed by atoms with Gasteiger partial charge in [0.25, 0.3) is 10.0 Å². The Balaban J connectivity index is 1.37. The number of ether oxygens (including phenoxy) is 1. The minimum absolute atomic E-state index is 0.0342. The summed E-state index contributed by atoms with van der Waals surface area (Å²) in [7, 11) is -2.43. The zero-order valence-corrected chi connectivity index (χ0v) is 29.0. The molecule has 0 bridgehead atoms. The van der Waals surface area contributed by atoms with Crippen LogP contribution in [0.1, 0.15) is 57.3 Å². The molecule has 0 aliphatic carbocycles. The van der Waals surface area contributed by atoms with Crippen molar-refractivity contribution >= 4 is 38.9 Å². The quantitative estimate of drug-likeness (QED) is 0.115. The number of carbonyl (C=O) groups is 2. The molecule has 49 heavy (non-hydrogen) atoms. The largest absolute Gasteiger partial charge is 0.426 e. The number of hydrogen-bond donors (Lipinski definition) is 2. The van der Waals surface area contributed by atoms with Gasteiger partial charge in [0, 0.05) is 37.8 Å². The number of urea groups is 1. The number of fused-ring (bicyclic) bond motifs is 1. The van der Waals surface area contributed by atoms with Crippen molar-refractivity contribution < 1.29 is 22.7 Å². The van der Waals surface area contributed by atoms with Crippen molar-refractivity contribution in [3.05, 3.63) is 108 Å². The first kappa shape index (κ1) is 35.2. The fraction of sp³-hybridized carbons (Fsp3) is 0.289. The number of imidazole rings is 1. The van der Waals surface area contributed by atoms with Crippen molar-refractivity contribution in [3.63, 3.8) is 0 Å². The number of hydrogen-bond acceptors (Lipinski definition) is 6. The molecule has 0 saturated heterocycles. The number of nitrogens with one attached hydrogen (secondary N) is 2. The highest BCUT2D eigenvalue weighted by molar-refractivity contribution is 7.90. The predicted molar refractivity (Wildman–Crippen MR) is 193 cm³/mol. The number of sulfonamides is 1. The lowest BCUT2D eigenvalue weighted by atomic mass is 10.0. The Morgan fingerprint density at radius 2 is 1.57 bits per heavy atom. The van der Waals surface area contributed by atoms with Crippen LogP contribution < -0.4 is 19.7 Å². The first-order chi connectivity index (χ1) is 23.7. The van der Waals surface area contributed by atoms with E-state index >= 15 is 0 Å². The smallest absolute Gasteiger partial charge is 0.409 e. The van der Waals surface area contributed by atoms with Crippen molar-refractivity contribution in [2.24, 2.45) is 0 Å². The summed E-state index contributed by atoms with van der Waals surface area (Å²) in [5.74, 6) is 1.22. The molecule has 5 aromatic rings. The van der Waals surface area contributed by atoms with Crippen LogP contribution >= 0.6 is 0 Å². The van der Waals surface area contributed by atoms with Gasteiger partial charge in [-0.25, -0.2) is 27.7 Å². The van der Waals surface area contributed by atoms with E-state index in [2.05, 4.69) is 23.7 Å². The fourth-order valence-electron chi connectivity index (χ4n) is 5.70. The van der Waals surface area contributed by atoms with Crippen LogP contribution in [0, 0.1) is 0 Å². The molecule has 0 saturated carbocycles. The van der Waals surface area contributed by atoms with E-state index in [4.69, 9.17) is 9.72 Å². The van der Waals surface area contributed by atoms with E-state index in [1.165, 1.54) is 12.1 Å². The van der Waals surface area contributed by atoms with Crippen LogP contribution in [0.5, 0.6) is 5.75 Å². The average molecular weight is 682 g/mol. The molecule has 5 rings (SSSR count). The molecule has 0 spiro atoms. The summed E-state index contributed by atoms with van der Waals surface area (Å²) in [6.45, 7) is 5.55. The zero-order chi connectivity index (χ0) is 34.8. The van der Waals surface area contributed by atoms with Gasteiger partial charge in [-0.1, -0.05) is 93.8 Å². The van der Waals surface area contributed by atoms with Gasteiger partial charge in [-0.15, -0.1) is 0 Å². The molecule has 10 nitrogen and oxygen atoms in total. The highest BCUT2D eigenvalue weighted by atomic mass is 32.2. The minimum Gasteiger partial charge on any atom is -0.409 e. The van der Waals surface area contributed by atoms with Gasteiger partial charge >= 0.3 is 12.1 Å². The number of amides is 3. The van der Waals surface area contributed by atoms with Crippen LogP contribution in [-0.2, 0) is 23.0 Å². The Kier molecular flexibility index (Phi) is 11.7. The van der Waals surface area contributed by atoms with Crippen LogP contribution in [0.4, 0.5) is 15.3 Å². The SMILES string of the molecule is CCCCCN(C(=O)NC)c1ccc2c(c1)nc(CCCC)n2Cc1ccc(-c2ccccc2OC(=O)NS(=O)(=O)c2ccccc2)cc1. The number of nitrogens with zero attached hydrogens (tertiary/aromatic N) is 3. The third kappa shape index (κ3) is 8.66. The van der Waals surface area contributed by atoms with E-state index in [1.807, 2.05) is 59.3 Å². The van der Waals surface area contributed by atoms with Crippen LogP contribution in [-0.4, -0.2) is 43.7 Å². The summed E-state index contributed by atoms with van der Waals surface area (Å²) in [5.41, 5.74) is 5.18. The number of aryl methyl sites for hydroxylation is 1. The summed E-state index contributed by atoms with van der Waals surface area (Å²) in [4.78, 5) is 32.2. The lowest BCUT2D eigenvalue weighted by molar-refractivity contribution is 0.207. The molecule has 0 radical (unpaired) electrons. The Bertz CT molecular complexity index is 1990. The van der Waals surface area contributed by atoms with Gasteiger partial charge in [-0.3, -0.25) is 4.90 Å². The molecule has 0 unspecified atom stereocenters. The Labute approximate surface area is 288 Å². The zero-order valence-electron chi connectivity index (χ0n) is 28.2. The molecular weight excluding hydrogens is 639 g/mol. The van der Waals surface area contributed by atoms with Gasteiger partial charge in [-0.05, 0) is 60.4 Å². The van der Waals surface area contributed by atoms with Crippen molar-refractivity contribution in [2.45, 2.75) is 63.8 Å². The fourth-order valence-corrected chi connectivity index (χ4v) is 6.59. The van der Waals surface area contributed by atoms with E-state index in [0.29, 0.717) is 18.7 Å². The number of aromatic nitrogens is 2. The third-order valence-corrected chi connectivity index (χ3v) is 9.62. The molecule has 3 amide bonds. The van der Waals surface area contributed by atoms with Gasteiger partial charge in [-0.2, -0.15) is 0 Å². The average Bonchev–Trinajstić information content (AvgIpc) is 3.45. The second kappa shape index (κ2) is 16.3. The number of unbranched alkanes of at least 4 members (excludes halogenated alkanes) is 3. The highest BCUT2D eigenvalue weighted by Crippen LogP contribution is 2.31. The van der Waals surface area contributed by atoms with Crippen molar-refractivity contribution in [1.82, 2.24) is 19.6 Å². The van der Waals surface area contributed by atoms with Gasteiger partial charge in [0.1, 0.15) is 11.6 Å². The van der Waals surface area contributed by atoms with Gasteiger partial charge in [0.15, 0.2) is 0 Å². The van der Waals surface area contributed by atoms with Crippen LogP contribution in [0.3, 0.4) is 0 Å². The standard InChI is InChI=1S/C38H43N5O5S/c1-4-6-13-25-42(37(44)39-3)30-23-24-34-33(26-30)40-36(18-7-5-2)43(34)27-28-19-21-29(22-20-28)32-16-11-12-17-35(32)48-38(45)41-49(46,47)31-14-9-8-10-15-31/h8-12,14-17,19-24,26H,4-7,13,18,25,27H2,1-3H3,(H,39,44)(H,41,45). The van der Waals surface area contributed by atoms with E-state index < -0.39 is 16.1 Å². The molecule has 1 aromatic heterocycles. The first-order valence-corrected chi connectivity index (χ1v) is 18.2. The first-order valence-electron chi connectivity index (χ1n) is 16.7. The van der Waals surface area contributed by atoms with Crippen LogP contribution in [0.2, 0.25) is 0 Å². The Morgan fingerprint density at radius 1 is 0.857 bits per heavy atom. The maximum absolute atomic E-state index is 12.7. The minimum atomic E-state index is -4.08. The molecule has 0 aliphatic rings. The molecule has 0 atom stereocenters. The maximum Gasteiger partial charge on any atom is 0.426 e. The summed E-state index contributed by atoms with van der Waals surface area (Å²) >= 11 is 0. The van der Waals surface area contributed by atoms with Gasteiger partial charge in [0.05, 0.1) is 15.9 Å². The van der Waals surface area contributed by atoms with Crippen LogP contribution in [0.25, 0.3) is 22.2 Å². The number of rotatable bonds is 14. The van der Waals surface area contributed by atoms with Crippen molar-refractivity contribution in [1.29, 1.82) is 0 Å². The summed E-state index contributed by atoms with van der Waals surface area (Å²) in [6, 6.07) is 28.5. The lowest BCUT2D eigenvalue weighted by Crippen LogP contribution is -2.38. The van der Waals surface area contributed by atoms with E-state index in [-0.39, 0.29) is 16.7 Å². The molecule has 4 aromatic carbocycles. The highest BCUT2D eigenvalue weighted by Gasteiger charge is 2.21. The number of anilines is 1. The molecule has 11 heteroatoms. The number of para-hydroxylation sites is 1. The van der Waals surface area contributed by atoms with Gasteiger partial charge in [0.2, 0.25) is 0 Å². The Hall–Kier alpha value is -5.16. The number of carbonyl (C=O) groups excluding carboxylic acids is 2. The van der Waals surface area contributed by atoms with Crippen LogP contribution in [0.15, 0.2) is 102 Å². The lowest BCUT2D eigenvalue weighted by Gasteiger charge is -2.22. The van der Waals surface area contributed by atoms with E-state index in [9.17, 15) is 18.0 Å².